The Hall–Kier alpha value is -3.30. The van der Waals surface area contributed by atoms with Crippen LogP contribution in [0.3, 0.4) is 0 Å². The van der Waals surface area contributed by atoms with Crippen molar-refractivity contribution in [3.05, 3.63) is 69.8 Å². The Labute approximate surface area is 187 Å². The topological polar surface area (TPSA) is 103 Å². The van der Waals surface area contributed by atoms with Crippen LogP contribution >= 0.6 is 22.9 Å². The number of oxazole rings is 1. The number of carbonyl (C=O) groups is 1. The maximum atomic E-state index is 12.1. The number of aryl methyl sites for hydroxylation is 1. The number of nitrogens with zero attached hydrogens (tertiary/aromatic N) is 4. The lowest BCUT2D eigenvalue weighted by Gasteiger charge is -2.08. The van der Waals surface area contributed by atoms with Crippen LogP contribution in [0.25, 0.3) is 11.5 Å². The lowest BCUT2D eigenvalue weighted by molar-refractivity contribution is 0.0531. The molecule has 4 aromatic rings. The van der Waals surface area contributed by atoms with Gasteiger partial charge in [0.25, 0.3) is 0 Å². The Morgan fingerprint density at radius 2 is 2.03 bits per heavy atom. The standard InChI is InChI=1S/C21H18ClN5O3S/c1-3-29-19(28)18-12(2)24-21(31-18)27-20-25-15(8-13-4-6-14(22)7-5-13)9-16(26-20)17-10-23-11-30-17/h4-7,9-11H,3,8H2,1-2H3,(H,24,25,26,27). The second-order valence-electron chi connectivity index (χ2n) is 6.52. The molecular formula is C21H18ClN5O3S. The van der Waals surface area contributed by atoms with Gasteiger partial charge < -0.3 is 9.15 Å². The van der Waals surface area contributed by atoms with E-state index in [9.17, 15) is 4.79 Å². The molecular weight excluding hydrogens is 438 g/mol. The number of benzene rings is 1. The molecule has 3 heterocycles. The van der Waals surface area contributed by atoms with Crippen molar-refractivity contribution in [2.45, 2.75) is 20.3 Å². The smallest absolute Gasteiger partial charge is 0.350 e. The molecule has 0 fully saturated rings. The highest BCUT2D eigenvalue weighted by atomic mass is 35.5. The monoisotopic (exact) mass is 455 g/mol. The highest BCUT2D eigenvalue weighted by Gasteiger charge is 2.18. The van der Waals surface area contributed by atoms with Crippen LogP contribution in [0.5, 0.6) is 0 Å². The van der Waals surface area contributed by atoms with Crippen LogP contribution in [0.2, 0.25) is 5.02 Å². The first-order valence-electron chi connectivity index (χ1n) is 9.44. The Kier molecular flexibility index (Phi) is 6.24. The number of thiazole rings is 1. The van der Waals surface area contributed by atoms with Crippen molar-refractivity contribution in [3.8, 4) is 11.5 Å². The Morgan fingerprint density at radius 1 is 1.23 bits per heavy atom. The molecule has 0 bridgehead atoms. The number of hydrogen-bond donors (Lipinski definition) is 1. The van der Waals surface area contributed by atoms with Crippen molar-refractivity contribution in [3.63, 3.8) is 0 Å². The third kappa shape index (κ3) is 5.07. The molecule has 0 spiro atoms. The summed E-state index contributed by atoms with van der Waals surface area (Å²) >= 11 is 7.18. The van der Waals surface area contributed by atoms with Crippen molar-refractivity contribution < 1.29 is 13.9 Å². The van der Waals surface area contributed by atoms with Crippen molar-refractivity contribution in [1.29, 1.82) is 0 Å². The van der Waals surface area contributed by atoms with Crippen LogP contribution in [-0.4, -0.2) is 32.5 Å². The number of nitrogens with one attached hydrogen (secondary N) is 1. The van der Waals surface area contributed by atoms with Crippen molar-refractivity contribution in [2.24, 2.45) is 0 Å². The van der Waals surface area contributed by atoms with Gasteiger partial charge >= 0.3 is 5.97 Å². The summed E-state index contributed by atoms with van der Waals surface area (Å²) in [4.78, 5) is 30.0. The number of esters is 1. The van der Waals surface area contributed by atoms with E-state index in [2.05, 4.69) is 25.3 Å². The molecule has 0 radical (unpaired) electrons. The van der Waals surface area contributed by atoms with Gasteiger partial charge in [0.05, 0.1) is 24.2 Å². The van der Waals surface area contributed by atoms with E-state index in [1.54, 1.807) is 20.0 Å². The molecule has 0 atom stereocenters. The summed E-state index contributed by atoms with van der Waals surface area (Å²) in [5.74, 6) is 0.456. The van der Waals surface area contributed by atoms with E-state index in [1.165, 1.54) is 17.7 Å². The van der Waals surface area contributed by atoms with Gasteiger partial charge in [-0.05, 0) is 37.6 Å². The van der Waals surface area contributed by atoms with Gasteiger partial charge in [-0.15, -0.1) is 0 Å². The molecule has 0 unspecified atom stereocenters. The second-order valence-corrected chi connectivity index (χ2v) is 7.95. The number of anilines is 2. The van der Waals surface area contributed by atoms with E-state index in [0.29, 0.717) is 51.2 Å². The Bertz CT molecular complexity index is 1190. The zero-order valence-electron chi connectivity index (χ0n) is 16.8. The number of halogens is 1. The summed E-state index contributed by atoms with van der Waals surface area (Å²) in [7, 11) is 0. The largest absolute Gasteiger partial charge is 0.462 e. The van der Waals surface area contributed by atoms with Crippen molar-refractivity contribution >= 4 is 40.0 Å². The lowest BCUT2D eigenvalue weighted by atomic mass is 10.1. The van der Waals surface area contributed by atoms with Gasteiger partial charge in [-0.2, -0.15) is 0 Å². The Balaban J connectivity index is 1.65. The van der Waals surface area contributed by atoms with Crippen LogP contribution in [0.15, 0.2) is 47.3 Å². The van der Waals surface area contributed by atoms with Gasteiger partial charge in [-0.1, -0.05) is 35.1 Å². The average Bonchev–Trinajstić information content (AvgIpc) is 3.40. The number of carbonyl (C=O) groups excluding carboxylic acids is 1. The first-order chi connectivity index (χ1) is 15.0. The molecule has 1 aromatic carbocycles. The minimum absolute atomic E-state index is 0.301. The molecule has 158 valence electrons. The molecule has 1 N–H and O–H groups in total. The minimum atomic E-state index is -0.398. The Morgan fingerprint density at radius 3 is 2.74 bits per heavy atom. The van der Waals surface area contributed by atoms with E-state index in [-0.39, 0.29) is 0 Å². The van der Waals surface area contributed by atoms with Gasteiger partial charge in [-0.25, -0.2) is 24.7 Å². The molecule has 0 saturated heterocycles. The zero-order chi connectivity index (χ0) is 21.8. The van der Waals surface area contributed by atoms with Crippen LogP contribution < -0.4 is 5.32 Å². The summed E-state index contributed by atoms with van der Waals surface area (Å²) in [6.45, 7) is 3.82. The van der Waals surface area contributed by atoms with Crippen LogP contribution in [0.4, 0.5) is 11.1 Å². The zero-order valence-corrected chi connectivity index (χ0v) is 18.3. The first kappa shape index (κ1) is 21.0. The maximum Gasteiger partial charge on any atom is 0.350 e. The van der Waals surface area contributed by atoms with Crippen LogP contribution in [0, 0.1) is 6.92 Å². The average molecular weight is 456 g/mol. The third-order valence-corrected chi connectivity index (χ3v) is 5.54. The molecule has 4 rings (SSSR count). The number of aromatic nitrogens is 4. The fraction of sp³-hybridized carbons (Fsp3) is 0.190. The number of ether oxygens (including phenoxy) is 1. The van der Waals surface area contributed by atoms with E-state index in [1.807, 2.05) is 30.3 Å². The maximum absolute atomic E-state index is 12.1. The van der Waals surface area contributed by atoms with Gasteiger partial charge in [-0.3, -0.25) is 5.32 Å². The highest BCUT2D eigenvalue weighted by molar-refractivity contribution is 7.17. The van der Waals surface area contributed by atoms with Gasteiger partial charge in [0.15, 0.2) is 17.3 Å². The SMILES string of the molecule is CCOC(=O)c1sc(Nc2nc(Cc3ccc(Cl)cc3)cc(-c3cnco3)n2)nc1C. The van der Waals surface area contributed by atoms with E-state index < -0.39 is 5.97 Å². The van der Waals surface area contributed by atoms with Crippen LogP contribution in [-0.2, 0) is 11.2 Å². The number of hydrogen-bond acceptors (Lipinski definition) is 9. The normalized spacial score (nSPS) is 10.8. The molecule has 10 heteroatoms. The summed E-state index contributed by atoms with van der Waals surface area (Å²) in [6.07, 6.45) is 3.50. The quantitative estimate of drug-likeness (QED) is 0.385. The molecule has 0 aliphatic carbocycles. The highest BCUT2D eigenvalue weighted by Crippen LogP contribution is 2.27. The molecule has 0 amide bonds. The second kappa shape index (κ2) is 9.23. The first-order valence-corrected chi connectivity index (χ1v) is 10.6. The third-order valence-electron chi connectivity index (χ3n) is 4.24. The molecule has 31 heavy (non-hydrogen) atoms. The van der Waals surface area contributed by atoms with Crippen molar-refractivity contribution in [2.75, 3.05) is 11.9 Å². The van der Waals surface area contributed by atoms with Gasteiger partial charge in [0.1, 0.15) is 10.6 Å². The van der Waals surface area contributed by atoms with E-state index in [4.69, 9.17) is 20.8 Å². The van der Waals surface area contributed by atoms with Gasteiger partial charge in [0, 0.05) is 11.4 Å². The fourth-order valence-corrected chi connectivity index (χ4v) is 3.84. The predicted molar refractivity (Wildman–Crippen MR) is 118 cm³/mol. The molecule has 0 saturated carbocycles. The molecule has 3 aromatic heterocycles. The van der Waals surface area contributed by atoms with Crippen LogP contribution in [0.1, 0.15) is 33.5 Å². The molecule has 0 aliphatic heterocycles. The fourth-order valence-electron chi connectivity index (χ4n) is 2.86. The molecule has 8 nitrogen and oxygen atoms in total. The van der Waals surface area contributed by atoms with Gasteiger partial charge in [0.2, 0.25) is 5.95 Å². The predicted octanol–water partition coefficient (Wildman–Crippen LogP) is 5.06. The van der Waals surface area contributed by atoms with E-state index in [0.717, 1.165) is 11.3 Å². The summed E-state index contributed by atoms with van der Waals surface area (Å²) in [5.41, 5.74) is 2.98. The minimum Gasteiger partial charge on any atom is -0.462 e. The summed E-state index contributed by atoms with van der Waals surface area (Å²) in [5, 5.41) is 4.26. The molecule has 0 aliphatic rings. The summed E-state index contributed by atoms with van der Waals surface area (Å²) < 4.78 is 10.5. The van der Waals surface area contributed by atoms with E-state index >= 15 is 0 Å². The number of rotatable bonds is 7. The lowest BCUT2D eigenvalue weighted by Crippen LogP contribution is -2.03. The summed E-state index contributed by atoms with van der Waals surface area (Å²) in [6, 6.07) is 9.41. The van der Waals surface area contributed by atoms with Crippen molar-refractivity contribution in [1.82, 2.24) is 19.9 Å².